The highest BCUT2D eigenvalue weighted by atomic mass is 16.3. The maximum Gasteiger partial charge on any atom is 0.0868 e. The van der Waals surface area contributed by atoms with Gasteiger partial charge in [0.2, 0.25) is 0 Å². The summed E-state index contributed by atoms with van der Waals surface area (Å²) in [5, 5.41) is 9.73. The average Bonchev–Trinajstić information content (AvgIpc) is 2.56. The topological polar surface area (TPSA) is 49.5 Å². The first kappa shape index (κ1) is 9.49. The lowest BCUT2D eigenvalue weighted by Crippen LogP contribution is -2.43. The van der Waals surface area contributed by atoms with Crippen molar-refractivity contribution in [1.82, 2.24) is 0 Å². The molecular formula is C11H16N2O. The van der Waals surface area contributed by atoms with Crippen LogP contribution in [0.15, 0.2) is 24.3 Å². The first-order valence-corrected chi connectivity index (χ1v) is 4.93. The molecule has 0 spiro atoms. The van der Waals surface area contributed by atoms with Crippen molar-refractivity contribution in [3.05, 3.63) is 29.8 Å². The maximum absolute atomic E-state index is 9.73. The lowest BCUT2D eigenvalue weighted by molar-refractivity contribution is 0.153. The Morgan fingerprint density at radius 3 is 2.93 bits per heavy atom. The molecule has 3 heteroatoms. The molecule has 0 fully saturated rings. The van der Waals surface area contributed by atoms with Crippen LogP contribution in [0, 0.1) is 0 Å². The fourth-order valence-corrected chi connectivity index (χ4v) is 2.12. The summed E-state index contributed by atoms with van der Waals surface area (Å²) in [5.41, 5.74) is 7.98. The number of anilines is 1. The van der Waals surface area contributed by atoms with Crippen LogP contribution in [0.4, 0.5) is 5.69 Å². The summed E-state index contributed by atoms with van der Waals surface area (Å²) in [7, 11) is 2.01. The Morgan fingerprint density at radius 2 is 2.29 bits per heavy atom. The highest BCUT2D eigenvalue weighted by Gasteiger charge is 2.30. The molecule has 1 aromatic carbocycles. The minimum Gasteiger partial charge on any atom is -0.390 e. The number of hydrogen-bond acceptors (Lipinski definition) is 3. The van der Waals surface area contributed by atoms with Crippen LogP contribution in [0.25, 0.3) is 0 Å². The summed E-state index contributed by atoms with van der Waals surface area (Å²) >= 11 is 0. The van der Waals surface area contributed by atoms with E-state index in [2.05, 4.69) is 17.0 Å². The molecule has 2 unspecified atom stereocenters. The summed E-state index contributed by atoms with van der Waals surface area (Å²) < 4.78 is 0. The van der Waals surface area contributed by atoms with Crippen LogP contribution in [0.1, 0.15) is 5.56 Å². The van der Waals surface area contributed by atoms with Crippen LogP contribution in [-0.4, -0.2) is 30.8 Å². The van der Waals surface area contributed by atoms with Gasteiger partial charge in [-0.05, 0) is 18.1 Å². The second kappa shape index (κ2) is 3.59. The summed E-state index contributed by atoms with van der Waals surface area (Å²) in [6.07, 6.45) is 0.456. The third kappa shape index (κ3) is 1.38. The number of nitrogens with two attached hydrogens (primary N) is 1. The highest BCUT2D eigenvalue weighted by molar-refractivity contribution is 5.59. The minimum atomic E-state index is -0.438. The van der Waals surface area contributed by atoms with Crippen molar-refractivity contribution < 1.29 is 5.11 Å². The largest absolute Gasteiger partial charge is 0.390 e. The number of hydrogen-bond donors (Lipinski definition) is 2. The van der Waals surface area contributed by atoms with E-state index in [1.807, 2.05) is 19.2 Å². The molecule has 0 saturated heterocycles. The molecule has 76 valence electrons. The van der Waals surface area contributed by atoms with E-state index >= 15 is 0 Å². The molecule has 1 aromatic rings. The molecule has 2 rings (SSSR count). The summed E-state index contributed by atoms with van der Waals surface area (Å²) in [4.78, 5) is 2.12. The number of aliphatic hydroxyl groups is 1. The predicted octanol–water partition coefficient (Wildman–Crippen LogP) is 0.367. The van der Waals surface area contributed by atoms with Crippen molar-refractivity contribution in [3.63, 3.8) is 0 Å². The van der Waals surface area contributed by atoms with E-state index in [1.165, 1.54) is 11.3 Å². The standard InChI is InChI=1S/C11H16N2O/c1-13-9-5-3-2-4-8(9)6-10(13)11(14)7-12/h2-5,10-11,14H,6-7,12H2,1H3. The fourth-order valence-electron chi connectivity index (χ4n) is 2.12. The molecule has 0 radical (unpaired) electrons. The third-order valence-electron chi connectivity index (χ3n) is 2.98. The van der Waals surface area contributed by atoms with Crippen LogP contribution in [0.5, 0.6) is 0 Å². The molecule has 0 amide bonds. The molecule has 3 N–H and O–H groups in total. The number of para-hydroxylation sites is 1. The number of nitrogens with zero attached hydrogens (tertiary/aromatic N) is 1. The van der Waals surface area contributed by atoms with Gasteiger partial charge in [0.25, 0.3) is 0 Å². The Morgan fingerprint density at radius 1 is 1.57 bits per heavy atom. The molecule has 1 heterocycles. The van der Waals surface area contributed by atoms with Crippen LogP contribution in [0.2, 0.25) is 0 Å². The predicted molar refractivity (Wildman–Crippen MR) is 57.4 cm³/mol. The van der Waals surface area contributed by atoms with Gasteiger partial charge in [-0.25, -0.2) is 0 Å². The Balaban J connectivity index is 2.25. The number of rotatable bonds is 2. The van der Waals surface area contributed by atoms with Crippen molar-refractivity contribution in [2.75, 3.05) is 18.5 Å². The Kier molecular flexibility index (Phi) is 2.44. The molecule has 0 bridgehead atoms. The molecular weight excluding hydrogens is 176 g/mol. The second-order valence-corrected chi connectivity index (χ2v) is 3.81. The molecule has 0 aromatic heterocycles. The maximum atomic E-state index is 9.73. The van der Waals surface area contributed by atoms with Gasteiger partial charge in [-0.3, -0.25) is 0 Å². The molecule has 1 aliphatic rings. The lowest BCUT2D eigenvalue weighted by Gasteiger charge is -2.26. The smallest absolute Gasteiger partial charge is 0.0868 e. The average molecular weight is 192 g/mol. The van der Waals surface area contributed by atoms with E-state index in [9.17, 15) is 5.11 Å². The van der Waals surface area contributed by atoms with E-state index in [-0.39, 0.29) is 6.04 Å². The van der Waals surface area contributed by atoms with Gasteiger partial charge in [0.05, 0.1) is 12.1 Å². The van der Waals surface area contributed by atoms with Gasteiger partial charge in [0, 0.05) is 19.3 Å². The molecule has 2 atom stereocenters. The number of fused-ring (bicyclic) bond motifs is 1. The quantitative estimate of drug-likeness (QED) is 0.711. The number of benzene rings is 1. The van der Waals surface area contributed by atoms with Crippen molar-refractivity contribution in [1.29, 1.82) is 0 Å². The molecule has 3 nitrogen and oxygen atoms in total. The normalized spacial score (nSPS) is 22.2. The van der Waals surface area contributed by atoms with Gasteiger partial charge in [0.1, 0.15) is 0 Å². The highest BCUT2D eigenvalue weighted by Crippen LogP contribution is 2.31. The Labute approximate surface area is 84.1 Å². The molecule has 0 saturated carbocycles. The van der Waals surface area contributed by atoms with Gasteiger partial charge in [-0.1, -0.05) is 18.2 Å². The summed E-state index contributed by atoms with van der Waals surface area (Å²) in [5.74, 6) is 0. The van der Waals surface area contributed by atoms with Crippen molar-refractivity contribution >= 4 is 5.69 Å². The summed E-state index contributed by atoms with van der Waals surface area (Å²) in [6.45, 7) is 0.322. The fraction of sp³-hybridized carbons (Fsp3) is 0.455. The minimum absolute atomic E-state index is 0.136. The van der Waals surface area contributed by atoms with E-state index in [0.717, 1.165) is 6.42 Å². The van der Waals surface area contributed by atoms with E-state index in [4.69, 9.17) is 5.73 Å². The van der Waals surface area contributed by atoms with Gasteiger partial charge in [0.15, 0.2) is 0 Å². The first-order valence-electron chi connectivity index (χ1n) is 4.93. The van der Waals surface area contributed by atoms with Gasteiger partial charge in [-0.15, -0.1) is 0 Å². The SMILES string of the molecule is CN1c2ccccc2CC1C(O)CN. The van der Waals surface area contributed by atoms with Crippen LogP contribution >= 0.6 is 0 Å². The molecule has 14 heavy (non-hydrogen) atoms. The van der Waals surface area contributed by atoms with E-state index in [1.54, 1.807) is 0 Å². The van der Waals surface area contributed by atoms with Crippen LogP contribution in [0.3, 0.4) is 0 Å². The van der Waals surface area contributed by atoms with Crippen LogP contribution < -0.4 is 10.6 Å². The summed E-state index contributed by atoms with van der Waals surface area (Å²) in [6, 6.07) is 8.38. The zero-order valence-corrected chi connectivity index (χ0v) is 8.35. The zero-order chi connectivity index (χ0) is 10.1. The van der Waals surface area contributed by atoms with E-state index < -0.39 is 6.10 Å². The first-order chi connectivity index (χ1) is 6.74. The zero-order valence-electron chi connectivity index (χ0n) is 8.35. The lowest BCUT2D eigenvalue weighted by atomic mass is 10.1. The number of likely N-dealkylation sites (N-methyl/N-ethyl adjacent to an activating group) is 1. The molecule has 1 aliphatic heterocycles. The second-order valence-electron chi connectivity index (χ2n) is 3.81. The van der Waals surface area contributed by atoms with Crippen LogP contribution in [-0.2, 0) is 6.42 Å². The van der Waals surface area contributed by atoms with Crippen molar-refractivity contribution in [2.24, 2.45) is 5.73 Å². The van der Waals surface area contributed by atoms with Gasteiger partial charge >= 0.3 is 0 Å². The monoisotopic (exact) mass is 192 g/mol. The van der Waals surface area contributed by atoms with Gasteiger partial charge < -0.3 is 15.7 Å². The Bertz CT molecular complexity index is 327. The Hall–Kier alpha value is -1.06. The number of aliphatic hydroxyl groups excluding tert-OH is 1. The van der Waals surface area contributed by atoms with Gasteiger partial charge in [-0.2, -0.15) is 0 Å². The third-order valence-corrected chi connectivity index (χ3v) is 2.98. The van der Waals surface area contributed by atoms with E-state index in [0.29, 0.717) is 6.54 Å². The van der Waals surface area contributed by atoms with Crippen molar-refractivity contribution in [3.8, 4) is 0 Å². The van der Waals surface area contributed by atoms with Crippen molar-refractivity contribution in [2.45, 2.75) is 18.6 Å². The molecule has 0 aliphatic carbocycles.